The van der Waals surface area contributed by atoms with Crippen LogP contribution in [0.2, 0.25) is 0 Å². The van der Waals surface area contributed by atoms with Gasteiger partial charge in [-0.2, -0.15) is 0 Å². The van der Waals surface area contributed by atoms with Crippen molar-refractivity contribution in [1.82, 2.24) is 23.6 Å². The van der Waals surface area contributed by atoms with E-state index in [0.29, 0.717) is 22.6 Å². The minimum atomic E-state index is -0.0816. The summed E-state index contributed by atoms with van der Waals surface area (Å²) in [6.07, 6.45) is 0. The highest BCUT2D eigenvalue weighted by molar-refractivity contribution is 7.71. The molecule has 0 unspecified atom stereocenters. The highest BCUT2D eigenvalue weighted by Gasteiger charge is 2.14. The van der Waals surface area contributed by atoms with E-state index in [0.717, 1.165) is 23.4 Å². The first kappa shape index (κ1) is 18.4. The molecule has 28 heavy (non-hydrogen) atoms. The summed E-state index contributed by atoms with van der Waals surface area (Å²) in [7, 11) is 5.38. The molecule has 0 bridgehead atoms. The third-order valence-electron chi connectivity index (χ3n) is 4.79. The van der Waals surface area contributed by atoms with Crippen LogP contribution in [0.4, 0.5) is 0 Å². The number of fused-ring (bicyclic) bond motifs is 3. The standard InChI is InChI=1S/C20H21N5O2S/c1-22(12-14-8-10-15(27-3)11-9-14)13-24-20(28)25-17-7-5-4-6-16(17)18(26)23(2)19(25)21-24/h4-11H,12-13H2,1-3H3. The van der Waals surface area contributed by atoms with E-state index >= 15 is 0 Å². The molecule has 0 atom stereocenters. The van der Waals surface area contributed by atoms with Gasteiger partial charge in [-0.3, -0.25) is 18.7 Å². The normalized spacial score (nSPS) is 11.6. The van der Waals surface area contributed by atoms with E-state index in [1.54, 1.807) is 18.8 Å². The molecule has 0 saturated carbocycles. The fourth-order valence-electron chi connectivity index (χ4n) is 3.36. The molecule has 2 aromatic carbocycles. The van der Waals surface area contributed by atoms with Crippen LogP contribution in [0.15, 0.2) is 53.3 Å². The van der Waals surface area contributed by atoms with Crippen LogP contribution in [0.5, 0.6) is 5.75 Å². The van der Waals surface area contributed by atoms with E-state index in [9.17, 15) is 4.79 Å². The number of hydrogen-bond acceptors (Lipinski definition) is 5. The second-order valence-electron chi connectivity index (χ2n) is 6.80. The Morgan fingerprint density at radius 3 is 2.57 bits per heavy atom. The first-order valence-electron chi connectivity index (χ1n) is 8.88. The maximum atomic E-state index is 12.6. The van der Waals surface area contributed by atoms with Crippen molar-refractivity contribution in [2.45, 2.75) is 13.2 Å². The predicted molar refractivity (Wildman–Crippen MR) is 111 cm³/mol. The zero-order valence-electron chi connectivity index (χ0n) is 16.0. The topological polar surface area (TPSA) is 56.7 Å². The Balaban J connectivity index is 1.70. The number of ether oxygens (including phenoxy) is 1. The zero-order valence-corrected chi connectivity index (χ0v) is 16.8. The minimum Gasteiger partial charge on any atom is -0.497 e. The average molecular weight is 395 g/mol. The van der Waals surface area contributed by atoms with Gasteiger partial charge in [0.2, 0.25) is 10.5 Å². The first-order valence-corrected chi connectivity index (χ1v) is 9.29. The summed E-state index contributed by atoms with van der Waals surface area (Å²) in [4.78, 5) is 14.7. The molecule has 0 aliphatic carbocycles. The lowest BCUT2D eigenvalue weighted by molar-refractivity contribution is 0.244. The van der Waals surface area contributed by atoms with Crippen molar-refractivity contribution in [3.8, 4) is 5.75 Å². The van der Waals surface area contributed by atoms with E-state index in [1.807, 2.05) is 60.0 Å². The molecule has 2 heterocycles. The van der Waals surface area contributed by atoms with Crippen LogP contribution in [0.25, 0.3) is 16.7 Å². The molecule has 0 fully saturated rings. The number of rotatable bonds is 5. The van der Waals surface area contributed by atoms with Crippen LogP contribution in [0, 0.1) is 4.77 Å². The number of nitrogens with zero attached hydrogens (tertiary/aromatic N) is 5. The van der Waals surface area contributed by atoms with Crippen LogP contribution >= 0.6 is 12.2 Å². The second kappa shape index (κ2) is 7.21. The van der Waals surface area contributed by atoms with Crippen LogP contribution in [-0.2, 0) is 20.3 Å². The maximum Gasteiger partial charge on any atom is 0.262 e. The summed E-state index contributed by atoms with van der Waals surface area (Å²) >= 11 is 5.68. The summed E-state index contributed by atoms with van der Waals surface area (Å²) in [6, 6.07) is 15.4. The molecular weight excluding hydrogens is 374 g/mol. The van der Waals surface area contributed by atoms with Gasteiger partial charge in [0.25, 0.3) is 5.56 Å². The Labute approximate surface area is 167 Å². The van der Waals surface area contributed by atoms with Gasteiger partial charge in [-0.25, -0.2) is 4.68 Å². The molecule has 144 valence electrons. The Kier molecular flexibility index (Phi) is 4.74. The van der Waals surface area contributed by atoms with Crippen molar-refractivity contribution >= 4 is 28.9 Å². The van der Waals surface area contributed by atoms with Gasteiger partial charge in [0, 0.05) is 13.6 Å². The molecule has 0 radical (unpaired) electrons. The molecule has 4 rings (SSSR count). The molecule has 0 aliphatic heterocycles. The summed E-state index contributed by atoms with van der Waals surface area (Å²) < 4.78 is 10.9. The van der Waals surface area contributed by atoms with Gasteiger partial charge in [0.15, 0.2) is 0 Å². The van der Waals surface area contributed by atoms with E-state index in [2.05, 4.69) is 10.00 Å². The number of para-hydroxylation sites is 1. The SMILES string of the molecule is COc1ccc(CN(C)Cn2nc3n(C)c(=O)c4ccccc4n3c2=S)cc1. The van der Waals surface area contributed by atoms with Gasteiger partial charge in [0.1, 0.15) is 5.75 Å². The number of aryl methyl sites for hydroxylation is 1. The number of methoxy groups -OCH3 is 1. The van der Waals surface area contributed by atoms with Crippen molar-refractivity contribution in [1.29, 1.82) is 0 Å². The molecule has 4 aromatic rings. The van der Waals surface area contributed by atoms with Crippen LogP contribution < -0.4 is 10.3 Å². The Morgan fingerprint density at radius 2 is 1.86 bits per heavy atom. The minimum absolute atomic E-state index is 0.0816. The van der Waals surface area contributed by atoms with Gasteiger partial charge < -0.3 is 4.74 Å². The van der Waals surface area contributed by atoms with Crippen molar-refractivity contribution < 1.29 is 4.74 Å². The fraction of sp³-hybridized carbons (Fsp3) is 0.250. The highest BCUT2D eigenvalue weighted by atomic mass is 32.1. The molecule has 2 aromatic heterocycles. The lowest BCUT2D eigenvalue weighted by atomic mass is 10.2. The molecule has 0 aliphatic rings. The Morgan fingerprint density at radius 1 is 1.14 bits per heavy atom. The molecule has 0 N–H and O–H groups in total. The van der Waals surface area contributed by atoms with Crippen molar-refractivity contribution in [3.63, 3.8) is 0 Å². The average Bonchev–Trinajstić information content (AvgIpc) is 3.03. The van der Waals surface area contributed by atoms with Crippen molar-refractivity contribution in [2.24, 2.45) is 7.05 Å². The lowest BCUT2D eigenvalue weighted by Gasteiger charge is -2.16. The van der Waals surface area contributed by atoms with E-state index < -0.39 is 0 Å². The largest absolute Gasteiger partial charge is 0.497 e. The smallest absolute Gasteiger partial charge is 0.262 e. The number of aromatic nitrogens is 4. The van der Waals surface area contributed by atoms with Crippen LogP contribution in [-0.4, -0.2) is 37.8 Å². The maximum absolute atomic E-state index is 12.6. The lowest BCUT2D eigenvalue weighted by Crippen LogP contribution is -2.22. The predicted octanol–water partition coefficient (Wildman–Crippen LogP) is 2.82. The zero-order chi connectivity index (χ0) is 19.8. The van der Waals surface area contributed by atoms with E-state index in [-0.39, 0.29) is 5.56 Å². The summed E-state index contributed by atoms with van der Waals surface area (Å²) in [5.74, 6) is 1.37. The molecule has 0 saturated heterocycles. The Hall–Kier alpha value is -2.97. The van der Waals surface area contributed by atoms with Gasteiger partial charge in [-0.15, -0.1) is 5.10 Å². The molecule has 0 amide bonds. The van der Waals surface area contributed by atoms with Gasteiger partial charge in [-0.05, 0) is 49.1 Å². The van der Waals surface area contributed by atoms with E-state index in [4.69, 9.17) is 17.0 Å². The summed E-state index contributed by atoms with van der Waals surface area (Å²) in [6.45, 7) is 1.24. The van der Waals surface area contributed by atoms with Crippen LogP contribution in [0.1, 0.15) is 5.56 Å². The molecule has 0 spiro atoms. The summed E-state index contributed by atoms with van der Waals surface area (Å²) in [5.41, 5.74) is 1.85. The van der Waals surface area contributed by atoms with Gasteiger partial charge in [0.05, 0.1) is 24.7 Å². The number of hydrogen-bond donors (Lipinski definition) is 0. The molecule has 8 heteroatoms. The van der Waals surface area contributed by atoms with Crippen molar-refractivity contribution in [2.75, 3.05) is 14.2 Å². The molecular formula is C20H21N5O2S. The third-order valence-corrected chi connectivity index (χ3v) is 5.18. The quantitative estimate of drug-likeness (QED) is 0.487. The van der Waals surface area contributed by atoms with Gasteiger partial charge in [-0.1, -0.05) is 24.3 Å². The highest BCUT2D eigenvalue weighted by Crippen LogP contribution is 2.15. The first-order chi connectivity index (χ1) is 13.5. The Bertz CT molecular complexity index is 1270. The van der Waals surface area contributed by atoms with Gasteiger partial charge >= 0.3 is 0 Å². The van der Waals surface area contributed by atoms with Crippen molar-refractivity contribution in [3.05, 3.63) is 69.2 Å². The monoisotopic (exact) mass is 395 g/mol. The fourth-order valence-corrected chi connectivity index (χ4v) is 3.64. The third kappa shape index (κ3) is 3.10. The van der Waals surface area contributed by atoms with Crippen LogP contribution in [0.3, 0.4) is 0 Å². The molecule has 7 nitrogen and oxygen atoms in total. The van der Waals surface area contributed by atoms with E-state index in [1.165, 1.54) is 4.57 Å². The number of benzene rings is 2. The second-order valence-corrected chi connectivity index (χ2v) is 7.17. The summed E-state index contributed by atoms with van der Waals surface area (Å²) in [5, 5.41) is 5.23.